The summed E-state index contributed by atoms with van der Waals surface area (Å²) >= 11 is 0. The molecule has 0 saturated heterocycles. The number of alkyl halides is 3. The highest BCUT2D eigenvalue weighted by atomic mass is 19.4. The van der Waals surface area contributed by atoms with Crippen molar-refractivity contribution in [3.05, 3.63) is 35.9 Å². The smallest absolute Gasteiger partial charge is 0.381 e. The van der Waals surface area contributed by atoms with Gasteiger partial charge in [0.1, 0.15) is 6.04 Å². The molecule has 1 aromatic carbocycles. The second-order valence-corrected chi connectivity index (χ2v) is 5.16. The van der Waals surface area contributed by atoms with Crippen LogP contribution in [0.2, 0.25) is 0 Å². The quantitative estimate of drug-likeness (QED) is 0.732. The molecular formula is C15H22F3NO. The molecule has 1 aromatic rings. The lowest BCUT2D eigenvalue weighted by atomic mass is 10.1. The molecular weight excluding hydrogens is 267 g/mol. The standard InChI is InChI=1S/C15H22F3NO/c1-12(2)11-20-10-6-9-19-14(15(16,17)18)13-7-4-3-5-8-13/h3-5,7-8,12,14,19H,6,9-11H2,1-2H3. The van der Waals surface area contributed by atoms with E-state index in [1.165, 1.54) is 12.1 Å². The Balaban J connectivity index is 2.40. The van der Waals surface area contributed by atoms with E-state index in [2.05, 4.69) is 5.32 Å². The van der Waals surface area contributed by atoms with Crippen LogP contribution in [0.5, 0.6) is 0 Å². The molecule has 20 heavy (non-hydrogen) atoms. The molecule has 1 atom stereocenters. The van der Waals surface area contributed by atoms with Gasteiger partial charge in [-0.05, 0) is 24.4 Å². The lowest BCUT2D eigenvalue weighted by Gasteiger charge is -2.22. The van der Waals surface area contributed by atoms with Gasteiger partial charge in [0.25, 0.3) is 0 Å². The minimum absolute atomic E-state index is 0.239. The molecule has 0 aromatic heterocycles. The van der Waals surface area contributed by atoms with Gasteiger partial charge in [0.05, 0.1) is 0 Å². The predicted octanol–water partition coefficient (Wildman–Crippen LogP) is 3.94. The molecule has 0 aliphatic heterocycles. The fourth-order valence-electron chi connectivity index (χ4n) is 1.81. The van der Waals surface area contributed by atoms with E-state index in [1.807, 2.05) is 13.8 Å². The molecule has 1 rings (SSSR count). The van der Waals surface area contributed by atoms with Gasteiger partial charge in [0, 0.05) is 13.2 Å². The van der Waals surface area contributed by atoms with E-state index >= 15 is 0 Å². The number of ether oxygens (including phenoxy) is 1. The number of rotatable bonds is 8. The van der Waals surface area contributed by atoms with Crippen LogP contribution in [0.3, 0.4) is 0 Å². The van der Waals surface area contributed by atoms with Crippen molar-refractivity contribution >= 4 is 0 Å². The van der Waals surface area contributed by atoms with Gasteiger partial charge in [-0.3, -0.25) is 0 Å². The topological polar surface area (TPSA) is 21.3 Å². The van der Waals surface area contributed by atoms with E-state index in [1.54, 1.807) is 18.2 Å². The summed E-state index contributed by atoms with van der Waals surface area (Å²) in [5.74, 6) is 0.440. The Hall–Kier alpha value is -1.07. The van der Waals surface area contributed by atoms with Crippen LogP contribution < -0.4 is 5.32 Å². The van der Waals surface area contributed by atoms with E-state index in [4.69, 9.17) is 4.74 Å². The Morgan fingerprint density at radius 1 is 1.15 bits per heavy atom. The van der Waals surface area contributed by atoms with Gasteiger partial charge >= 0.3 is 6.18 Å². The zero-order chi connectivity index (χ0) is 15.0. The molecule has 0 fully saturated rings. The van der Waals surface area contributed by atoms with Crippen molar-refractivity contribution in [3.8, 4) is 0 Å². The highest BCUT2D eigenvalue weighted by Crippen LogP contribution is 2.32. The van der Waals surface area contributed by atoms with Crippen LogP contribution in [0.1, 0.15) is 31.9 Å². The molecule has 0 aliphatic rings. The maximum atomic E-state index is 13.0. The van der Waals surface area contributed by atoms with Crippen LogP contribution in [0.25, 0.3) is 0 Å². The van der Waals surface area contributed by atoms with Crippen molar-refractivity contribution in [3.63, 3.8) is 0 Å². The summed E-state index contributed by atoms with van der Waals surface area (Å²) in [6.45, 7) is 5.46. The van der Waals surface area contributed by atoms with Crippen molar-refractivity contribution in [2.24, 2.45) is 5.92 Å². The minimum Gasteiger partial charge on any atom is -0.381 e. The third kappa shape index (κ3) is 6.39. The second-order valence-electron chi connectivity index (χ2n) is 5.16. The van der Waals surface area contributed by atoms with Gasteiger partial charge < -0.3 is 10.1 Å². The molecule has 0 radical (unpaired) electrons. The van der Waals surface area contributed by atoms with E-state index in [0.29, 0.717) is 25.6 Å². The van der Waals surface area contributed by atoms with Crippen LogP contribution in [-0.4, -0.2) is 25.9 Å². The predicted molar refractivity (Wildman–Crippen MR) is 73.5 cm³/mol. The number of hydrogen-bond donors (Lipinski definition) is 1. The van der Waals surface area contributed by atoms with E-state index in [0.717, 1.165) is 0 Å². The molecule has 0 amide bonds. The third-order valence-electron chi connectivity index (χ3n) is 2.73. The Labute approximate surface area is 118 Å². The van der Waals surface area contributed by atoms with Crippen molar-refractivity contribution in [1.82, 2.24) is 5.32 Å². The Kier molecular flexibility index (Phi) is 7.02. The first kappa shape index (κ1) is 17.0. The van der Waals surface area contributed by atoms with Crippen molar-refractivity contribution in [1.29, 1.82) is 0 Å². The molecule has 5 heteroatoms. The average molecular weight is 289 g/mol. The third-order valence-corrected chi connectivity index (χ3v) is 2.73. The van der Waals surface area contributed by atoms with Crippen molar-refractivity contribution < 1.29 is 17.9 Å². The van der Waals surface area contributed by atoms with Crippen LogP contribution in [0.4, 0.5) is 13.2 Å². The first-order valence-electron chi connectivity index (χ1n) is 6.84. The highest BCUT2D eigenvalue weighted by Gasteiger charge is 2.40. The Bertz CT molecular complexity index is 365. The van der Waals surface area contributed by atoms with Crippen LogP contribution in [-0.2, 0) is 4.74 Å². The molecule has 2 nitrogen and oxygen atoms in total. The molecule has 114 valence electrons. The molecule has 0 aliphatic carbocycles. The lowest BCUT2D eigenvalue weighted by Crippen LogP contribution is -2.35. The van der Waals surface area contributed by atoms with Gasteiger partial charge in [-0.25, -0.2) is 0 Å². The fraction of sp³-hybridized carbons (Fsp3) is 0.600. The van der Waals surface area contributed by atoms with Gasteiger partial charge in [-0.2, -0.15) is 13.2 Å². The van der Waals surface area contributed by atoms with Gasteiger partial charge in [-0.1, -0.05) is 44.2 Å². The molecule has 0 heterocycles. The molecule has 1 unspecified atom stereocenters. The highest BCUT2D eigenvalue weighted by molar-refractivity contribution is 5.20. The number of benzene rings is 1. The maximum Gasteiger partial charge on any atom is 0.407 e. The summed E-state index contributed by atoms with van der Waals surface area (Å²) in [5.41, 5.74) is 0.239. The molecule has 0 spiro atoms. The summed E-state index contributed by atoms with van der Waals surface area (Å²) < 4.78 is 44.3. The zero-order valence-electron chi connectivity index (χ0n) is 11.9. The van der Waals surface area contributed by atoms with Gasteiger partial charge in [0.2, 0.25) is 0 Å². The van der Waals surface area contributed by atoms with E-state index in [-0.39, 0.29) is 12.1 Å². The van der Waals surface area contributed by atoms with Gasteiger partial charge in [-0.15, -0.1) is 0 Å². The normalized spacial score (nSPS) is 13.7. The van der Waals surface area contributed by atoms with Crippen LogP contribution in [0.15, 0.2) is 30.3 Å². The minimum atomic E-state index is -4.29. The molecule has 1 N–H and O–H groups in total. The summed E-state index contributed by atoms with van der Waals surface area (Å²) in [7, 11) is 0. The number of halogens is 3. The lowest BCUT2D eigenvalue weighted by molar-refractivity contribution is -0.157. The van der Waals surface area contributed by atoms with E-state index in [9.17, 15) is 13.2 Å². The van der Waals surface area contributed by atoms with Gasteiger partial charge in [0.15, 0.2) is 0 Å². The van der Waals surface area contributed by atoms with Crippen LogP contribution >= 0.6 is 0 Å². The summed E-state index contributed by atoms with van der Waals surface area (Å²) in [6.07, 6.45) is -3.73. The first-order chi connectivity index (χ1) is 9.41. The van der Waals surface area contributed by atoms with E-state index < -0.39 is 12.2 Å². The summed E-state index contributed by atoms with van der Waals surface area (Å²) in [5, 5.41) is 2.56. The second kappa shape index (κ2) is 8.27. The fourth-order valence-corrected chi connectivity index (χ4v) is 1.81. The largest absolute Gasteiger partial charge is 0.407 e. The Morgan fingerprint density at radius 3 is 2.35 bits per heavy atom. The first-order valence-corrected chi connectivity index (χ1v) is 6.84. The number of hydrogen-bond acceptors (Lipinski definition) is 2. The van der Waals surface area contributed by atoms with Crippen molar-refractivity contribution in [2.75, 3.05) is 19.8 Å². The number of nitrogens with one attached hydrogen (secondary N) is 1. The van der Waals surface area contributed by atoms with Crippen LogP contribution in [0, 0.1) is 5.92 Å². The maximum absolute atomic E-state index is 13.0. The Morgan fingerprint density at radius 2 is 1.80 bits per heavy atom. The summed E-state index contributed by atoms with van der Waals surface area (Å²) in [4.78, 5) is 0. The summed E-state index contributed by atoms with van der Waals surface area (Å²) in [6, 6.07) is 6.29. The monoisotopic (exact) mass is 289 g/mol. The van der Waals surface area contributed by atoms with Crippen molar-refractivity contribution in [2.45, 2.75) is 32.5 Å². The molecule has 0 bridgehead atoms. The SMILES string of the molecule is CC(C)COCCCNC(c1ccccc1)C(F)(F)F. The zero-order valence-corrected chi connectivity index (χ0v) is 11.9. The molecule has 0 saturated carbocycles. The average Bonchev–Trinajstić information content (AvgIpc) is 2.37.